The maximum Gasteiger partial charge on any atom is 0.258 e. The Labute approximate surface area is 183 Å². The van der Waals surface area contributed by atoms with Gasteiger partial charge in [0.25, 0.3) is 5.56 Å². The van der Waals surface area contributed by atoms with Crippen molar-refractivity contribution in [2.24, 2.45) is 23.2 Å². The first-order chi connectivity index (χ1) is 15.1. The van der Waals surface area contributed by atoms with Crippen LogP contribution in [0.15, 0.2) is 35.3 Å². The number of nitrogens with zero attached hydrogens (tertiary/aromatic N) is 1. The monoisotopic (exact) mass is 420 g/mol. The molecule has 4 aliphatic carbocycles. The van der Waals surface area contributed by atoms with E-state index < -0.39 is 0 Å². The van der Waals surface area contributed by atoms with Crippen LogP contribution in [-0.4, -0.2) is 23.2 Å². The standard InChI is InChI=1S/C26H32N2O3/c29-24(15-26-12-17-9-18(13-26)11-19(10-17)14-26)27-23-5-1-4-22-21(23)6-7-28(25(22)30)16-20-3-2-8-31-20/h1,4-7,17-20H,2-3,8-16H2,(H,27,29)/t17?,18?,19?,20-,26?/m0/s1. The Balaban J connectivity index is 1.21. The van der Waals surface area contributed by atoms with E-state index in [1.54, 1.807) is 4.57 Å². The molecule has 5 fully saturated rings. The molecule has 1 aromatic carbocycles. The summed E-state index contributed by atoms with van der Waals surface area (Å²) in [5.41, 5.74) is 0.969. The van der Waals surface area contributed by atoms with Gasteiger partial charge >= 0.3 is 0 Å². The molecule has 0 radical (unpaired) electrons. The molecule has 2 aromatic rings. The lowest BCUT2D eigenvalue weighted by Gasteiger charge is -2.56. The van der Waals surface area contributed by atoms with E-state index in [4.69, 9.17) is 4.74 Å². The van der Waals surface area contributed by atoms with Crippen LogP contribution in [-0.2, 0) is 16.1 Å². The van der Waals surface area contributed by atoms with Crippen molar-refractivity contribution < 1.29 is 9.53 Å². The molecule has 5 aliphatic rings. The van der Waals surface area contributed by atoms with Crippen LogP contribution in [0.1, 0.15) is 57.8 Å². The van der Waals surface area contributed by atoms with E-state index in [0.717, 1.165) is 48.3 Å². The van der Waals surface area contributed by atoms with Crippen LogP contribution < -0.4 is 10.9 Å². The Morgan fingerprint density at radius 1 is 1.06 bits per heavy atom. The smallest absolute Gasteiger partial charge is 0.258 e. The van der Waals surface area contributed by atoms with Gasteiger partial charge in [-0.3, -0.25) is 9.59 Å². The number of rotatable bonds is 5. The van der Waals surface area contributed by atoms with Crippen molar-refractivity contribution in [3.63, 3.8) is 0 Å². The molecule has 2 heterocycles. The van der Waals surface area contributed by atoms with Gasteiger partial charge < -0.3 is 14.6 Å². The summed E-state index contributed by atoms with van der Waals surface area (Å²) in [7, 11) is 0. The zero-order chi connectivity index (χ0) is 21.0. The molecule has 4 saturated carbocycles. The van der Waals surface area contributed by atoms with E-state index in [1.165, 1.54) is 38.5 Å². The third kappa shape index (κ3) is 3.61. The molecule has 5 heteroatoms. The molecular weight excluding hydrogens is 388 g/mol. The van der Waals surface area contributed by atoms with Crippen LogP contribution in [0.25, 0.3) is 10.8 Å². The maximum atomic E-state index is 13.1. The predicted molar refractivity (Wildman–Crippen MR) is 121 cm³/mol. The molecular formula is C26H32N2O3. The van der Waals surface area contributed by atoms with Gasteiger partial charge in [0, 0.05) is 35.7 Å². The zero-order valence-corrected chi connectivity index (χ0v) is 18.1. The van der Waals surface area contributed by atoms with Crippen LogP contribution in [0.4, 0.5) is 5.69 Å². The topological polar surface area (TPSA) is 60.3 Å². The lowest BCUT2D eigenvalue weighted by Crippen LogP contribution is -2.47. The number of fused-ring (bicyclic) bond motifs is 1. The predicted octanol–water partition coefficient (Wildman–Crippen LogP) is 4.73. The number of carbonyl (C=O) groups excluding carboxylic acids is 1. The fraction of sp³-hybridized carbons (Fsp3) is 0.615. The highest BCUT2D eigenvalue weighted by Gasteiger charge is 2.51. The average molecular weight is 421 g/mol. The number of pyridine rings is 1. The van der Waals surface area contributed by atoms with Crippen LogP contribution in [0, 0.1) is 23.2 Å². The average Bonchev–Trinajstić information content (AvgIpc) is 3.22. The number of nitrogens with one attached hydrogen (secondary N) is 1. The molecule has 1 aliphatic heterocycles. The van der Waals surface area contributed by atoms with E-state index in [2.05, 4.69) is 5.32 Å². The normalized spacial score (nSPS) is 33.8. The summed E-state index contributed by atoms with van der Waals surface area (Å²) in [5, 5.41) is 4.66. The molecule has 7 rings (SSSR count). The Kier molecular flexibility index (Phi) is 4.71. The maximum absolute atomic E-state index is 13.1. The molecule has 1 amide bonds. The number of aromatic nitrogens is 1. The minimum Gasteiger partial charge on any atom is -0.376 e. The summed E-state index contributed by atoms with van der Waals surface area (Å²) < 4.78 is 7.45. The fourth-order valence-corrected chi connectivity index (χ4v) is 7.62. The quantitative estimate of drug-likeness (QED) is 0.761. The van der Waals surface area contributed by atoms with E-state index in [1.807, 2.05) is 30.5 Å². The lowest BCUT2D eigenvalue weighted by molar-refractivity contribution is -0.124. The van der Waals surface area contributed by atoms with E-state index in [9.17, 15) is 9.59 Å². The van der Waals surface area contributed by atoms with Gasteiger partial charge in [-0.15, -0.1) is 0 Å². The van der Waals surface area contributed by atoms with Crippen molar-refractivity contribution in [1.82, 2.24) is 4.57 Å². The molecule has 1 atom stereocenters. The minimum atomic E-state index is -0.00909. The van der Waals surface area contributed by atoms with Crippen molar-refractivity contribution in [1.29, 1.82) is 0 Å². The van der Waals surface area contributed by atoms with Crippen molar-refractivity contribution in [3.05, 3.63) is 40.8 Å². The van der Waals surface area contributed by atoms with Gasteiger partial charge in [-0.1, -0.05) is 6.07 Å². The summed E-state index contributed by atoms with van der Waals surface area (Å²) in [6, 6.07) is 7.62. The molecule has 1 saturated heterocycles. The van der Waals surface area contributed by atoms with Gasteiger partial charge in [-0.2, -0.15) is 0 Å². The second-order valence-corrected chi connectivity index (χ2v) is 10.8. The number of anilines is 1. The zero-order valence-electron chi connectivity index (χ0n) is 18.1. The highest BCUT2D eigenvalue weighted by atomic mass is 16.5. The SMILES string of the molecule is O=C(CC12CC3CC(CC(C3)C1)C2)Nc1cccc2c(=O)n(C[C@@H]3CCCO3)ccc12. The van der Waals surface area contributed by atoms with E-state index >= 15 is 0 Å². The highest BCUT2D eigenvalue weighted by molar-refractivity contribution is 6.02. The fourth-order valence-electron chi connectivity index (χ4n) is 7.62. The van der Waals surface area contributed by atoms with Crippen molar-refractivity contribution in [2.45, 2.75) is 70.4 Å². The van der Waals surface area contributed by atoms with Gasteiger partial charge in [-0.05, 0) is 92.7 Å². The second-order valence-electron chi connectivity index (χ2n) is 10.8. The van der Waals surface area contributed by atoms with Crippen LogP contribution in [0.3, 0.4) is 0 Å². The number of ether oxygens (including phenoxy) is 1. The van der Waals surface area contributed by atoms with Gasteiger partial charge in [0.15, 0.2) is 0 Å². The van der Waals surface area contributed by atoms with Gasteiger partial charge in [0.2, 0.25) is 5.91 Å². The lowest BCUT2D eigenvalue weighted by atomic mass is 9.49. The summed E-state index contributed by atoms with van der Waals surface area (Å²) in [6.07, 6.45) is 12.5. The molecule has 5 nitrogen and oxygen atoms in total. The molecule has 0 spiro atoms. The Bertz CT molecular complexity index is 1030. The third-order valence-electron chi connectivity index (χ3n) is 8.42. The highest BCUT2D eigenvalue weighted by Crippen LogP contribution is 2.61. The van der Waals surface area contributed by atoms with Crippen LogP contribution in [0.5, 0.6) is 0 Å². The number of amides is 1. The second kappa shape index (κ2) is 7.47. The number of benzene rings is 1. The molecule has 1 aromatic heterocycles. The van der Waals surface area contributed by atoms with Crippen molar-refractivity contribution in [3.8, 4) is 0 Å². The van der Waals surface area contributed by atoms with Crippen LogP contribution >= 0.6 is 0 Å². The first-order valence-electron chi connectivity index (χ1n) is 12.1. The van der Waals surface area contributed by atoms with Gasteiger partial charge in [-0.25, -0.2) is 0 Å². The largest absolute Gasteiger partial charge is 0.376 e. The Morgan fingerprint density at radius 2 is 1.81 bits per heavy atom. The van der Waals surface area contributed by atoms with Crippen molar-refractivity contribution >= 4 is 22.4 Å². The van der Waals surface area contributed by atoms with Gasteiger partial charge in [0.05, 0.1) is 12.6 Å². The molecule has 0 unspecified atom stereocenters. The van der Waals surface area contributed by atoms with E-state index in [-0.39, 0.29) is 23.0 Å². The molecule has 164 valence electrons. The summed E-state index contributed by atoms with van der Waals surface area (Å²) >= 11 is 0. The Hall–Kier alpha value is -2.14. The first kappa shape index (κ1) is 19.5. The van der Waals surface area contributed by atoms with Crippen molar-refractivity contribution in [2.75, 3.05) is 11.9 Å². The van der Waals surface area contributed by atoms with E-state index in [0.29, 0.717) is 18.4 Å². The minimum absolute atomic E-state index is 0.00909. The first-order valence-corrected chi connectivity index (χ1v) is 12.1. The number of hydrogen-bond donors (Lipinski definition) is 1. The van der Waals surface area contributed by atoms with Gasteiger partial charge in [0.1, 0.15) is 0 Å². The number of hydrogen-bond acceptors (Lipinski definition) is 3. The summed E-state index contributed by atoms with van der Waals surface area (Å²) in [4.78, 5) is 26.2. The third-order valence-corrected chi connectivity index (χ3v) is 8.42. The molecule has 31 heavy (non-hydrogen) atoms. The molecule has 4 bridgehead atoms. The summed E-state index contributed by atoms with van der Waals surface area (Å²) in [5.74, 6) is 2.65. The number of carbonyl (C=O) groups is 1. The Morgan fingerprint density at radius 3 is 2.48 bits per heavy atom. The molecule has 1 N–H and O–H groups in total. The summed E-state index contributed by atoms with van der Waals surface area (Å²) in [6.45, 7) is 1.38. The van der Waals surface area contributed by atoms with Crippen LogP contribution in [0.2, 0.25) is 0 Å².